The number of Topliss-reactive ketones (excluding diaryl/α,β-unsaturated/α-hetero) is 2. The molecule has 1 aromatic carbocycles. The van der Waals surface area contributed by atoms with Gasteiger partial charge in [0, 0.05) is 43.4 Å². The number of anilines is 1. The Labute approximate surface area is 243 Å². The highest BCUT2D eigenvalue weighted by molar-refractivity contribution is 6.24. The van der Waals surface area contributed by atoms with Gasteiger partial charge in [0.2, 0.25) is 5.78 Å². The van der Waals surface area contributed by atoms with Gasteiger partial charge in [-0.05, 0) is 49.9 Å². The number of fused-ring (bicyclic) bond motifs is 3. The van der Waals surface area contributed by atoms with E-state index < -0.39 is 58.0 Å². The molecule has 0 aromatic heterocycles. The van der Waals surface area contributed by atoms with Crippen molar-refractivity contribution in [3.63, 3.8) is 0 Å². The van der Waals surface area contributed by atoms with Gasteiger partial charge in [-0.15, -0.1) is 4.91 Å². The van der Waals surface area contributed by atoms with Gasteiger partial charge in [0.05, 0.1) is 23.4 Å². The van der Waals surface area contributed by atoms with Crippen molar-refractivity contribution >= 4 is 28.9 Å². The number of phenolic OH excluding ortho intramolecular Hbond substituents is 1. The molecule has 1 fully saturated rings. The van der Waals surface area contributed by atoms with Crippen LogP contribution in [0, 0.1) is 22.2 Å². The van der Waals surface area contributed by atoms with E-state index in [1.54, 1.807) is 39.2 Å². The van der Waals surface area contributed by atoms with Gasteiger partial charge < -0.3 is 31.1 Å². The standard InChI is InChI=1S/C29H39N5O8/c1-28(2,3)12-34(31-42)11-14-10-17(32(4)5)15-8-13-9-16-21(33(6)7)24(37)20(27(30)40)26(39)29(16,41)25(38)18(13)23(36)19(15)22(14)35/h10,13,16,21,35-36,39,41H,8-9,11-12H2,1-7H3,(H2,30,40)/t13?,16?,21-,29-/m0/s1. The van der Waals surface area contributed by atoms with Gasteiger partial charge in [-0.25, -0.2) is 0 Å². The molecular formula is C29H39N5O8. The highest BCUT2D eigenvalue weighted by atomic mass is 16.3. The Morgan fingerprint density at radius 1 is 1.14 bits per heavy atom. The molecule has 6 N–H and O–H groups in total. The molecule has 228 valence electrons. The summed E-state index contributed by atoms with van der Waals surface area (Å²) in [6, 6.07) is 0.547. The van der Waals surface area contributed by atoms with Gasteiger partial charge in [-0.3, -0.25) is 24.3 Å². The number of carbonyl (C=O) groups excluding carboxylic acids is 3. The predicted molar refractivity (Wildman–Crippen MR) is 154 cm³/mol. The number of hydrogen-bond donors (Lipinski definition) is 5. The first-order valence-electron chi connectivity index (χ1n) is 13.6. The van der Waals surface area contributed by atoms with E-state index in [0.717, 1.165) is 0 Å². The number of carbonyl (C=O) groups is 3. The molecule has 3 aliphatic rings. The van der Waals surface area contributed by atoms with Crippen molar-refractivity contribution in [1.82, 2.24) is 9.91 Å². The Balaban J connectivity index is 1.94. The van der Waals surface area contributed by atoms with Crippen molar-refractivity contribution in [2.75, 3.05) is 39.6 Å². The lowest BCUT2D eigenvalue weighted by Gasteiger charge is -2.50. The second-order valence-electron chi connectivity index (χ2n) is 13.1. The summed E-state index contributed by atoms with van der Waals surface area (Å²) in [6.45, 7) is 6.00. The number of benzene rings is 1. The fourth-order valence-electron chi connectivity index (χ4n) is 6.72. The Morgan fingerprint density at radius 3 is 2.26 bits per heavy atom. The normalized spacial score (nSPS) is 25.7. The highest BCUT2D eigenvalue weighted by Crippen LogP contribution is 2.54. The van der Waals surface area contributed by atoms with E-state index in [0.29, 0.717) is 11.3 Å². The van der Waals surface area contributed by atoms with Crippen LogP contribution >= 0.6 is 0 Å². The number of nitrogens with two attached hydrogens (primary N) is 1. The summed E-state index contributed by atoms with van der Waals surface area (Å²) >= 11 is 0. The van der Waals surface area contributed by atoms with Crippen molar-refractivity contribution in [1.29, 1.82) is 0 Å². The zero-order chi connectivity index (χ0) is 31.6. The number of phenols is 1. The third-order valence-corrected chi connectivity index (χ3v) is 8.38. The molecule has 0 spiro atoms. The topological polar surface area (TPSA) is 197 Å². The number of hydrogen-bond acceptors (Lipinski definition) is 11. The molecule has 0 radical (unpaired) electrons. The molecule has 1 amide bonds. The molecule has 4 atom stereocenters. The smallest absolute Gasteiger partial charge is 0.255 e. The van der Waals surface area contributed by atoms with Crippen molar-refractivity contribution in [3.05, 3.63) is 44.6 Å². The first-order chi connectivity index (χ1) is 19.4. The van der Waals surface area contributed by atoms with Crippen LogP contribution in [0.4, 0.5) is 5.69 Å². The molecule has 0 heterocycles. The van der Waals surface area contributed by atoms with E-state index in [2.05, 4.69) is 5.29 Å². The first-order valence-corrected chi connectivity index (χ1v) is 13.6. The van der Waals surface area contributed by atoms with Crippen LogP contribution in [0.5, 0.6) is 5.75 Å². The molecule has 13 heteroatoms. The monoisotopic (exact) mass is 585 g/mol. The molecule has 4 rings (SSSR count). The van der Waals surface area contributed by atoms with Crippen LogP contribution in [-0.2, 0) is 27.3 Å². The van der Waals surface area contributed by atoms with E-state index in [9.17, 15) is 39.7 Å². The Bertz CT molecular complexity index is 1440. The highest BCUT2D eigenvalue weighted by Gasteiger charge is 2.64. The van der Waals surface area contributed by atoms with Crippen molar-refractivity contribution in [2.45, 2.75) is 51.8 Å². The molecule has 0 aliphatic heterocycles. The number of aromatic hydroxyl groups is 1. The van der Waals surface area contributed by atoms with E-state index in [1.165, 1.54) is 9.91 Å². The quantitative estimate of drug-likeness (QED) is 0.177. The number of rotatable bonds is 7. The fourth-order valence-corrected chi connectivity index (χ4v) is 6.72. The lowest BCUT2D eigenvalue weighted by Crippen LogP contribution is -2.65. The largest absolute Gasteiger partial charge is 0.508 e. The van der Waals surface area contributed by atoms with Gasteiger partial charge >= 0.3 is 0 Å². The van der Waals surface area contributed by atoms with Crippen LogP contribution in [0.3, 0.4) is 0 Å². The number of primary amides is 1. The van der Waals surface area contributed by atoms with E-state index in [1.807, 2.05) is 20.8 Å². The number of nitroso groups, excluding NO2 is 1. The maximum absolute atomic E-state index is 14.1. The number of nitrogens with zero attached hydrogens (tertiary/aromatic N) is 4. The van der Waals surface area contributed by atoms with Gasteiger partial charge in [0.1, 0.15) is 22.8 Å². The van der Waals surface area contributed by atoms with E-state index in [-0.39, 0.29) is 53.8 Å². The number of amides is 1. The second kappa shape index (κ2) is 10.4. The molecule has 0 bridgehead atoms. The maximum Gasteiger partial charge on any atom is 0.255 e. The second-order valence-corrected chi connectivity index (χ2v) is 13.1. The molecule has 1 saturated carbocycles. The van der Waals surface area contributed by atoms with Crippen LogP contribution in [0.25, 0.3) is 5.76 Å². The number of aliphatic hydroxyl groups is 3. The lowest BCUT2D eigenvalue weighted by atomic mass is 9.57. The minimum atomic E-state index is -2.72. The number of ketones is 2. The summed E-state index contributed by atoms with van der Waals surface area (Å²) < 4.78 is 0. The third kappa shape index (κ3) is 4.70. The van der Waals surface area contributed by atoms with Crippen molar-refractivity contribution < 1.29 is 34.8 Å². The predicted octanol–water partition coefficient (Wildman–Crippen LogP) is 1.56. The molecule has 2 unspecified atom stereocenters. The van der Waals surface area contributed by atoms with Crippen LogP contribution in [0.1, 0.15) is 43.9 Å². The molecule has 1 aromatic rings. The zero-order valence-corrected chi connectivity index (χ0v) is 24.9. The summed E-state index contributed by atoms with van der Waals surface area (Å²) in [6.07, 6.45) is 0.156. The van der Waals surface area contributed by atoms with E-state index >= 15 is 0 Å². The van der Waals surface area contributed by atoms with Crippen LogP contribution < -0.4 is 10.6 Å². The Hall–Kier alpha value is -3.97. The zero-order valence-electron chi connectivity index (χ0n) is 24.9. The Morgan fingerprint density at radius 2 is 1.76 bits per heavy atom. The van der Waals surface area contributed by atoms with Crippen LogP contribution in [0.15, 0.2) is 28.3 Å². The minimum Gasteiger partial charge on any atom is -0.508 e. The average molecular weight is 586 g/mol. The molecule has 0 saturated heterocycles. The van der Waals surface area contributed by atoms with Crippen LogP contribution in [-0.4, -0.2) is 94.2 Å². The SMILES string of the molecule is CN(C)c1cc(CN(CC(C)(C)C)N=O)c(O)c2c1CC1CC3[C@H](N(C)C)C(=O)C(C(N)=O)=C(O)[C@@]3(O)C(=O)C1=C2O. The first kappa shape index (κ1) is 31.0. The van der Waals surface area contributed by atoms with Gasteiger partial charge in [-0.2, -0.15) is 0 Å². The summed E-state index contributed by atoms with van der Waals surface area (Å²) in [4.78, 5) is 54.4. The Kier molecular flexibility index (Phi) is 7.66. The van der Waals surface area contributed by atoms with Gasteiger partial charge in [-0.1, -0.05) is 20.8 Å². The summed E-state index contributed by atoms with van der Waals surface area (Å²) in [5.41, 5.74) is 2.68. The third-order valence-electron chi connectivity index (χ3n) is 8.38. The van der Waals surface area contributed by atoms with Gasteiger partial charge in [0.15, 0.2) is 11.4 Å². The van der Waals surface area contributed by atoms with Gasteiger partial charge in [0.25, 0.3) is 5.91 Å². The van der Waals surface area contributed by atoms with Crippen molar-refractivity contribution in [3.8, 4) is 5.75 Å². The minimum absolute atomic E-state index is 0.00440. The average Bonchev–Trinajstić information content (AvgIpc) is 2.85. The molecule has 3 aliphatic carbocycles. The maximum atomic E-state index is 14.1. The summed E-state index contributed by atoms with van der Waals surface area (Å²) in [7, 11) is 6.65. The lowest BCUT2D eigenvalue weighted by molar-refractivity contribution is -0.153. The molecular weight excluding hydrogens is 546 g/mol. The number of aliphatic hydroxyl groups excluding tert-OH is 2. The molecule has 13 nitrogen and oxygen atoms in total. The van der Waals surface area contributed by atoms with Crippen molar-refractivity contribution in [2.24, 2.45) is 28.3 Å². The fraction of sp³-hybridized carbons (Fsp3) is 0.552. The van der Waals surface area contributed by atoms with Crippen LogP contribution in [0.2, 0.25) is 0 Å². The van der Waals surface area contributed by atoms with E-state index in [4.69, 9.17) is 5.73 Å². The summed E-state index contributed by atoms with van der Waals surface area (Å²) in [5, 5.41) is 50.2. The molecule has 42 heavy (non-hydrogen) atoms. The number of likely N-dealkylation sites (N-methyl/N-ethyl adjacent to an activating group) is 1. The summed E-state index contributed by atoms with van der Waals surface area (Å²) in [5.74, 6) is -7.10.